The molecule has 5 aliphatic rings. The highest BCUT2D eigenvalue weighted by molar-refractivity contribution is 8.02. The molecule has 5 rings (SSSR count). The van der Waals surface area contributed by atoms with Crippen molar-refractivity contribution in [2.75, 3.05) is 19.8 Å². The van der Waals surface area contributed by atoms with E-state index in [2.05, 4.69) is 12.2 Å². The molecule has 35 heavy (non-hydrogen) atoms. The molecular weight excluding hydrogens is 464 g/mol. The summed E-state index contributed by atoms with van der Waals surface area (Å²) >= 11 is 1.57. The first-order chi connectivity index (χ1) is 16.7. The van der Waals surface area contributed by atoms with E-state index in [0.29, 0.717) is 19.6 Å². The van der Waals surface area contributed by atoms with Crippen LogP contribution in [0.2, 0.25) is 0 Å². The van der Waals surface area contributed by atoms with E-state index in [1.54, 1.807) is 16.7 Å². The number of esters is 1. The molecule has 1 spiro atoms. The van der Waals surface area contributed by atoms with Gasteiger partial charge in [0.25, 0.3) is 0 Å². The van der Waals surface area contributed by atoms with Crippen molar-refractivity contribution in [3.05, 3.63) is 24.3 Å². The summed E-state index contributed by atoms with van der Waals surface area (Å²) < 4.78 is 4.06. The minimum atomic E-state index is -0.882. The lowest BCUT2D eigenvalue weighted by Gasteiger charge is -2.42. The average molecular weight is 503 g/mol. The zero-order chi connectivity index (χ0) is 25.0. The number of nitrogens with zero attached hydrogens (tertiary/aromatic N) is 2. The van der Waals surface area contributed by atoms with Crippen molar-refractivity contribution in [1.29, 1.82) is 0 Å². The van der Waals surface area contributed by atoms with Crippen LogP contribution in [0, 0.1) is 17.8 Å². The second-order valence-corrected chi connectivity index (χ2v) is 13.1. The quantitative estimate of drug-likeness (QED) is 0.470. The second kappa shape index (κ2) is 9.25. The van der Waals surface area contributed by atoms with Gasteiger partial charge in [-0.3, -0.25) is 14.4 Å². The lowest BCUT2D eigenvalue weighted by Crippen LogP contribution is -2.59. The first-order valence-corrected chi connectivity index (χ1v) is 14.0. The predicted octanol–water partition coefficient (Wildman–Crippen LogP) is 2.93. The highest BCUT2D eigenvalue weighted by atomic mass is 32.2. The summed E-state index contributed by atoms with van der Waals surface area (Å²) in [5.74, 6) is -2.05. The molecule has 0 bridgehead atoms. The number of ether oxygens (including phenoxy) is 1. The van der Waals surface area contributed by atoms with Crippen molar-refractivity contribution in [3.8, 4) is 0 Å². The number of carbonyl (C=O) groups is 3. The lowest BCUT2D eigenvalue weighted by molar-refractivity contribution is -0.155. The normalized spacial score (nSPS) is 38.5. The van der Waals surface area contributed by atoms with Crippen LogP contribution in [0.15, 0.2) is 24.3 Å². The molecule has 0 radical (unpaired) electrons. The van der Waals surface area contributed by atoms with Crippen LogP contribution in [0.3, 0.4) is 0 Å². The van der Waals surface area contributed by atoms with E-state index in [1.807, 2.05) is 37.8 Å². The van der Waals surface area contributed by atoms with Crippen LogP contribution in [0.4, 0.5) is 0 Å². The number of aliphatic hydroxyl groups excluding tert-OH is 1. The van der Waals surface area contributed by atoms with Gasteiger partial charge >= 0.3 is 5.97 Å². The molecule has 4 heterocycles. The van der Waals surface area contributed by atoms with Crippen molar-refractivity contribution >= 4 is 29.5 Å². The van der Waals surface area contributed by atoms with Crippen molar-refractivity contribution in [2.24, 2.45) is 17.8 Å². The van der Waals surface area contributed by atoms with Crippen molar-refractivity contribution in [1.82, 2.24) is 9.80 Å². The van der Waals surface area contributed by atoms with Crippen LogP contribution >= 0.6 is 11.8 Å². The second-order valence-electron chi connectivity index (χ2n) is 11.3. The molecule has 0 aromatic heterocycles. The Hall–Kier alpha value is -1.80. The molecule has 4 aliphatic heterocycles. The first kappa shape index (κ1) is 24.9. The minimum absolute atomic E-state index is 0.0384. The molecule has 3 fully saturated rings. The number of likely N-dealkylation sites (tertiary alicyclic amines) is 1. The molecule has 6 atom stereocenters. The third-order valence-corrected chi connectivity index (χ3v) is 10.6. The summed E-state index contributed by atoms with van der Waals surface area (Å²) in [5.41, 5.74) is 0. The van der Waals surface area contributed by atoms with Gasteiger partial charge in [-0.15, -0.1) is 11.8 Å². The third kappa shape index (κ3) is 3.78. The van der Waals surface area contributed by atoms with E-state index < -0.39 is 33.4 Å². The average Bonchev–Trinajstić information content (AvgIpc) is 3.14. The molecule has 0 aromatic rings. The number of hydrogen-bond acceptors (Lipinski definition) is 6. The summed E-state index contributed by atoms with van der Waals surface area (Å²) in [5, 5.41) is 10.4. The van der Waals surface area contributed by atoms with Crippen LogP contribution < -0.4 is 0 Å². The molecule has 1 saturated carbocycles. The Balaban J connectivity index is 1.65. The monoisotopic (exact) mass is 502 g/mol. The maximum absolute atomic E-state index is 14.5. The van der Waals surface area contributed by atoms with Gasteiger partial charge in [0, 0.05) is 17.3 Å². The molecule has 7 nitrogen and oxygen atoms in total. The summed E-state index contributed by atoms with van der Waals surface area (Å²) in [6.45, 7) is 6.53. The van der Waals surface area contributed by atoms with Crippen LogP contribution in [0.1, 0.15) is 59.3 Å². The van der Waals surface area contributed by atoms with Gasteiger partial charge in [0.2, 0.25) is 11.8 Å². The number of cyclic esters (lactones) is 1. The van der Waals surface area contributed by atoms with Crippen LogP contribution in [0.25, 0.3) is 0 Å². The number of thioether (sulfide) groups is 1. The molecule has 1 aliphatic carbocycles. The van der Waals surface area contributed by atoms with Gasteiger partial charge in [0.15, 0.2) is 0 Å². The number of fused-ring (bicyclic) bond motifs is 2. The number of rotatable bonds is 4. The molecule has 192 valence electrons. The topological polar surface area (TPSA) is 87.2 Å². The maximum Gasteiger partial charge on any atom is 0.311 e. The Kier molecular flexibility index (Phi) is 6.58. The van der Waals surface area contributed by atoms with Gasteiger partial charge in [-0.05, 0) is 32.1 Å². The van der Waals surface area contributed by atoms with Crippen molar-refractivity contribution in [2.45, 2.75) is 86.9 Å². The third-order valence-electron chi connectivity index (χ3n) is 8.82. The Morgan fingerprint density at radius 3 is 2.51 bits per heavy atom. The maximum atomic E-state index is 14.5. The molecule has 2 amide bonds. The molecule has 1 unspecified atom stereocenters. The smallest absolute Gasteiger partial charge is 0.311 e. The van der Waals surface area contributed by atoms with Crippen molar-refractivity contribution in [3.63, 3.8) is 0 Å². The van der Waals surface area contributed by atoms with Gasteiger partial charge in [-0.2, -0.15) is 0 Å². The van der Waals surface area contributed by atoms with E-state index in [0.717, 1.165) is 25.7 Å². The number of carbonyl (C=O) groups excluding carboxylic acids is 3. The minimum Gasteiger partial charge on any atom is -0.465 e. The van der Waals surface area contributed by atoms with Crippen LogP contribution in [0.5, 0.6) is 0 Å². The van der Waals surface area contributed by atoms with Gasteiger partial charge < -0.3 is 19.6 Å². The predicted molar refractivity (Wildman–Crippen MR) is 134 cm³/mol. The fourth-order valence-corrected chi connectivity index (χ4v) is 9.28. The summed E-state index contributed by atoms with van der Waals surface area (Å²) in [6.07, 6.45) is 14.2. The molecule has 8 heteroatoms. The number of aliphatic hydroxyl groups is 1. The highest BCUT2D eigenvalue weighted by Crippen LogP contribution is 2.65. The highest BCUT2D eigenvalue weighted by Gasteiger charge is 2.74. The SMILES string of the molecule is CC(C)[C@H](CO)N1C(=O)[C@@H]2[C@@H]3C(=O)OCCC=C[C@]3(C)S[C@@]23C=CCN(C2CCCCC2)C(=O)C13. The standard InChI is InChI=1S/C27H38N2O5S/c1-17(2)19(16-30)29-22-24(32)28(18-10-5-4-6-11-18)14-9-13-27(22)20(23(29)31)21-25(33)34-15-8-7-12-26(21,3)35-27/h7,9,12-13,17-22,30H,4-6,8,10-11,14-16H2,1-3H3/t19-,20-,21+,22?,26-,27-/m0/s1. The van der Waals surface area contributed by atoms with E-state index in [-0.39, 0.29) is 36.4 Å². The molecule has 0 aromatic carbocycles. The van der Waals surface area contributed by atoms with E-state index in [4.69, 9.17) is 4.74 Å². The van der Waals surface area contributed by atoms with Crippen molar-refractivity contribution < 1.29 is 24.2 Å². The van der Waals surface area contributed by atoms with Gasteiger partial charge in [0.1, 0.15) is 6.04 Å². The molecular formula is C27H38N2O5S. The van der Waals surface area contributed by atoms with Crippen LogP contribution in [-0.2, 0) is 19.1 Å². The van der Waals surface area contributed by atoms with Gasteiger partial charge in [-0.1, -0.05) is 57.4 Å². The van der Waals surface area contributed by atoms with Crippen LogP contribution in [-0.4, -0.2) is 80.1 Å². The zero-order valence-electron chi connectivity index (χ0n) is 21.0. The Bertz CT molecular complexity index is 944. The molecule has 1 N–H and O–H groups in total. The summed E-state index contributed by atoms with van der Waals surface area (Å²) in [6, 6.07) is -1.08. The summed E-state index contributed by atoms with van der Waals surface area (Å²) in [7, 11) is 0. The lowest BCUT2D eigenvalue weighted by atomic mass is 9.74. The Morgan fingerprint density at radius 1 is 1.09 bits per heavy atom. The van der Waals surface area contributed by atoms with Gasteiger partial charge in [-0.25, -0.2) is 0 Å². The Morgan fingerprint density at radius 2 is 1.83 bits per heavy atom. The largest absolute Gasteiger partial charge is 0.465 e. The number of amides is 2. The Labute approximate surface area is 212 Å². The fraction of sp³-hybridized carbons (Fsp3) is 0.741. The molecule has 2 saturated heterocycles. The van der Waals surface area contributed by atoms with Gasteiger partial charge in [0.05, 0.1) is 35.8 Å². The first-order valence-electron chi connectivity index (χ1n) is 13.2. The van der Waals surface area contributed by atoms with E-state index in [1.165, 1.54) is 6.42 Å². The summed E-state index contributed by atoms with van der Waals surface area (Å²) in [4.78, 5) is 45.7. The fourth-order valence-electron chi connectivity index (χ4n) is 7.14. The number of hydrogen-bond donors (Lipinski definition) is 1. The van der Waals surface area contributed by atoms with E-state index in [9.17, 15) is 19.5 Å². The van der Waals surface area contributed by atoms with E-state index >= 15 is 0 Å². The zero-order valence-corrected chi connectivity index (χ0v) is 21.8.